The average molecular weight is 314 g/mol. The van der Waals surface area contributed by atoms with Gasteiger partial charge in [0.1, 0.15) is 7.85 Å². The van der Waals surface area contributed by atoms with Gasteiger partial charge in [0.25, 0.3) is 0 Å². The van der Waals surface area contributed by atoms with Crippen molar-refractivity contribution in [1.29, 1.82) is 0 Å². The first kappa shape index (κ1) is 20.1. The Morgan fingerprint density at radius 1 is 0.640 bits per heavy atom. The quantitative estimate of drug-likeness (QED) is 0.734. The van der Waals surface area contributed by atoms with Gasteiger partial charge in [0.05, 0.1) is 13.7 Å². The second-order valence-electron chi connectivity index (χ2n) is 7.06. The Morgan fingerprint density at radius 2 is 1.08 bits per heavy atom. The van der Waals surface area contributed by atoms with E-state index in [2.05, 4.69) is 34.6 Å². The summed E-state index contributed by atoms with van der Waals surface area (Å²) in [6, 6.07) is 0. The van der Waals surface area contributed by atoms with E-state index in [1.165, 1.54) is 33.4 Å². The summed E-state index contributed by atoms with van der Waals surface area (Å²) in [6.07, 6.45) is 0. The maximum atomic E-state index is 6.41. The molecule has 0 aliphatic rings. The first-order chi connectivity index (χ1) is 11.6. The van der Waals surface area contributed by atoms with Gasteiger partial charge in [-0.25, -0.2) is 0 Å². The highest BCUT2D eigenvalue weighted by atomic mass is 14.2. The Balaban J connectivity index is 3.09. The van der Waals surface area contributed by atoms with Gasteiger partial charge in [0.15, 0.2) is 0 Å². The average Bonchev–Trinajstić information content (AvgIpc) is 2.55. The molecule has 0 spiro atoms. The van der Waals surface area contributed by atoms with Gasteiger partial charge in [-0.1, -0.05) is 22.1 Å². The summed E-state index contributed by atoms with van der Waals surface area (Å²) in [7, 11) is 26.1. The molecule has 2 aromatic carbocycles. The Kier molecular flexibility index (Phi) is 5.81. The molecule has 0 bridgehead atoms. The molecule has 0 unspecified atom stereocenters. The lowest BCUT2D eigenvalue weighted by molar-refractivity contribution is 1.18. The van der Waals surface area contributed by atoms with E-state index in [1.54, 1.807) is 7.17 Å². The zero-order valence-electron chi connectivity index (χ0n) is 16.5. The van der Waals surface area contributed by atoms with E-state index in [-0.39, 0.29) is 0 Å². The normalized spacial score (nSPS) is 10.8. The third-order valence-corrected chi connectivity index (χ3v) is 5.90. The van der Waals surface area contributed by atoms with Crippen LogP contribution < -0.4 is 16.4 Å². The van der Waals surface area contributed by atoms with Gasteiger partial charge >= 0.3 is 0 Å². The summed E-state index contributed by atoms with van der Waals surface area (Å²) < 4.78 is 0. The van der Waals surface area contributed by atoms with Crippen LogP contribution in [0.4, 0.5) is 0 Å². The molecule has 0 N–H and O–H groups in total. The third kappa shape index (κ3) is 3.07. The van der Waals surface area contributed by atoms with E-state index >= 15 is 0 Å². The summed E-state index contributed by atoms with van der Waals surface area (Å²) in [5.41, 5.74) is 13.0. The maximum Gasteiger partial charge on any atom is 0.113 e. The van der Waals surface area contributed by atoms with Crippen molar-refractivity contribution in [2.24, 2.45) is 0 Å². The van der Waals surface area contributed by atoms with E-state index in [0.717, 1.165) is 27.6 Å². The Bertz CT molecular complexity index is 823. The van der Waals surface area contributed by atoms with Crippen LogP contribution in [0.5, 0.6) is 0 Å². The highest BCUT2D eigenvalue weighted by molar-refractivity contribution is 7.35. The molecule has 25 heavy (non-hydrogen) atoms. The van der Waals surface area contributed by atoms with Gasteiger partial charge in [-0.2, -0.15) is 0 Å². The molecule has 0 aromatic heterocycles. The SMILES string of the molecule is [B][B]c1c([B])c(C)c(-c2c(C)c(C)c(C)c(C)c2C)c(B([B])[B])c1C. The number of hydrogen-bond donors (Lipinski definition) is 0. The molecular weight excluding hydrogens is 293 g/mol. The lowest BCUT2D eigenvalue weighted by atomic mass is 9.15. The Hall–Kier alpha value is -1.17. The molecule has 0 saturated carbocycles. The molecule has 0 heterocycles. The molecule has 0 saturated heterocycles. The van der Waals surface area contributed by atoms with Crippen LogP contribution in [0, 0.1) is 48.5 Å². The van der Waals surface area contributed by atoms with E-state index in [4.69, 9.17) is 31.1 Å². The fourth-order valence-corrected chi connectivity index (χ4v) is 3.90. The lowest BCUT2D eigenvalue weighted by Crippen LogP contribution is -2.47. The van der Waals surface area contributed by atoms with E-state index in [0.29, 0.717) is 5.46 Å². The van der Waals surface area contributed by atoms with Crippen LogP contribution in [-0.2, 0) is 0 Å². The van der Waals surface area contributed by atoms with Crippen LogP contribution in [0.15, 0.2) is 0 Å². The van der Waals surface area contributed by atoms with Crippen molar-refractivity contribution in [2.45, 2.75) is 48.5 Å². The number of rotatable bonds is 3. The van der Waals surface area contributed by atoms with E-state index < -0.39 is 6.49 Å². The summed E-state index contributed by atoms with van der Waals surface area (Å²) >= 11 is 0. The summed E-state index contributed by atoms with van der Waals surface area (Å²) in [4.78, 5) is 0. The molecule has 6 heteroatoms. The van der Waals surface area contributed by atoms with Gasteiger partial charge in [-0.05, 0) is 87.4 Å². The van der Waals surface area contributed by atoms with Crippen LogP contribution in [0.1, 0.15) is 38.9 Å². The van der Waals surface area contributed by atoms with Crippen molar-refractivity contribution in [1.82, 2.24) is 0 Å². The first-order valence-electron chi connectivity index (χ1n) is 8.62. The van der Waals surface area contributed by atoms with E-state index in [1.807, 2.05) is 13.8 Å². The van der Waals surface area contributed by atoms with Crippen molar-refractivity contribution in [2.75, 3.05) is 0 Å². The molecule has 0 aliphatic carbocycles. The fourth-order valence-electron chi connectivity index (χ4n) is 3.90. The van der Waals surface area contributed by atoms with Gasteiger partial charge in [0.2, 0.25) is 0 Å². The van der Waals surface area contributed by atoms with Crippen molar-refractivity contribution in [3.8, 4) is 11.1 Å². The summed E-state index contributed by atoms with van der Waals surface area (Å²) in [5, 5.41) is 0. The fraction of sp³-hybridized carbons (Fsp3) is 0.368. The van der Waals surface area contributed by atoms with Crippen LogP contribution >= 0.6 is 0 Å². The molecule has 0 nitrogen and oxygen atoms in total. The molecule has 2 rings (SSSR count). The molecule has 2 aromatic rings. The topological polar surface area (TPSA) is 0 Å². The first-order valence-corrected chi connectivity index (χ1v) is 8.62. The van der Waals surface area contributed by atoms with Crippen molar-refractivity contribution in [3.63, 3.8) is 0 Å². The third-order valence-electron chi connectivity index (χ3n) is 5.90. The second-order valence-corrected chi connectivity index (χ2v) is 7.06. The predicted octanol–water partition coefficient (Wildman–Crippen LogP) is 0.752. The maximum absolute atomic E-state index is 6.41. The lowest BCUT2D eigenvalue weighted by Gasteiger charge is -2.29. The Labute approximate surface area is 159 Å². The number of hydrogen-bond acceptors (Lipinski definition) is 0. The second kappa shape index (κ2) is 7.22. The van der Waals surface area contributed by atoms with Crippen LogP contribution in [-0.4, -0.2) is 44.7 Å². The predicted molar refractivity (Wildman–Crippen MR) is 118 cm³/mol. The molecule has 0 atom stereocenters. The monoisotopic (exact) mass is 315 g/mol. The van der Waals surface area contributed by atoms with Crippen LogP contribution in [0.2, 0.25) is 0 Å². The van der Waals surface area contributed by atoms with E-state index in [9.17, 15) is 0 Å². The highest BCUT2D eigenvalue weighted by Gasteiger charge is 2.23. The molecule has 0 aliphatic heterocycles. The zero-order valence-corrected chi connectivity index (χ0v) is 16.5. The Morgan fingerprint density at radius 3 is 1.48 bits per heavy atom. The smallest absolute Gasteiger partial charge is 0.102 e. The zero-order chi connectivity index (χ0) is 19.2. The number of benzene rings is 2. The van der Waals surface area contributed by atoms with Crippen molar-refractivity contribution < 1.29 is 0 Å². The van der Waals surface area contributed by atoms with Crippen molar-refractivity contribution in [3.05, 3.63) is 38.9 Å². The van der Waals surface area contributed by atoms with Gasteiger partial charge in [-0.15, -0.1) is 5.46 Å². The van der Waals surface area contributed by atoms with Crippen LogP contribution in [0.25, 0.3) is 11.1 Å². The van der Waals surface area contributed by atoms with Crippen molar-refractivity contribution >= 4 is 61.1 Å². The largest absolute Gasteiger partial charge is 0.113 e. The minimum Gasteiger partial charge on any atom is -0.102 e. The standard InChI is InChI=1S/C19H21B6/c1-8-9(2)11(4)15(12(5)10(8)3)16-13(6)17(20)18(24-21)14(7)19(16)25(22)23/h1-7H3. The minimum absolute atomic E-state index is 0.603. The van der Waals surface area contributed by atoms with Gasteiger partial charge in [-0.3, -0.25) is 0 Å². The van der Waals surface area contributed by atoms with Gasteiger partial charge in [0, 0.05) is 23.2 Å². The summed E-state index contributed by atoms with van der Waals surface area (Å²) in [5.74, 6) is 0. The molecule has 0 amide bonds. The molecule has 0 fully saturated rings. The molecular formula is C19H21B6. The molecule has 9 radical (unpaired) electrons. The minimum atomic E-state index is -0.603. The van der Waals surface area contributed by atoms with Gasteiger partial charge < -0.3 is 0 Å². The summed E-state index contributed by atoms with van der Waals surface area (Å²) in [6.45, 7) is 14.2. The molecule has 115 valence electrons. The van der Waals surface area contributed by atoms with Crippen LogP contribution in [0.3, 0.4) is 0 Å². The highest BCUT2D eigenvalue weighted by Crippen LogP contribution is 2.34.